The van der Waals surface area contributed by atoms with Gasteiger partial charge in [0.05, 0.1) is 11.4 Å². The molecule has 0 aliphatic carbocycles. The number of anilines is 2. The standard InChI is InChI=1S/C13H20F2N4/c1-18-4-6-19(7-5-18)3-2-17-12-9-10(14)8-11(15)13(12)16/h8-9,17H,2-7,16H2,1H3. The van der Waals surface area contributed by atoms with Gasteiger partial charge in [0.1, 0.15) is 5.82 Å². The normalized spacial score (nSPS) is 17.6. The van der Waals surface area contributed by atoms with Crippen LogP contribution in [-0.2, 0) is 0 Å². The first-order valence-corrected chi connectivity index (χ1v) is 6.45. The van der Waals surface area contributed by atoms with E-state index in [1.807, 2.05) is 0 Å². The molecule has 1 aromatic rings. The second kappa shape index (κ2) is 6.16. The molecule has 19 heavy (non-hydrogen) atoms. The number of likely N-dealkylation sites (N-methyl/N-ethyl adjacent to an activating group) is 1. The highest BCUT2D eigenvalue weighted by Crippen LogP contribution is 2.23. The number of hydrogen-bond acceptors (Lipinski definition) is 4. The number of rotatable bonds is 4. The van der Waals surface area contributed by atoms with Crippen LogP contribution in [0.25, 0.3) is 0 Å². The molecule has 0 atom stereocenters. The lowest BCUT2D eigenvalue weighted by molar-refractivity contribution is 0.158. The molecule has 1 saturated heterocycles. The van der Waals surface area contributed by atoms with Gasteiger partial charge in [-0.05, 0) is 13.1 Å². The highest BCUT2D eigenvalue weighted by Gasteiger charge is 2.13. The first-order valence-electron chi connectivity index (χ1n) is 6.45. The fourth-order valence-electron chi connectivity index (χ4n) is 2.15. The van der Waals surface area contributed by atoms with Gasteiger partial charge < -0.3 is 16.0 Å². The van der Waals surface area contributed by atoms with Crippen molar-refractivity contribution < 1.29 is 8.78 Å². The van der Waals surface area contributed by atoms with Crippen LogP contribution < -0.4 is 11.1 Å². The Balaban J connectivity index is 1.83. The molecule has 1 aliphatic rings. The van der Waals surface area contributed by atoms with Gasteiger partial charge in [-0.1, -0.05) is 0 Å². The number of nitrogens with zero attached hydrogens (tertiary/aromatic N) is 2. The quantitative estimate of drug-likeness (QED) is 0.807. The van der Waals surface area contributed by atoms with Gasteiger partial charge in [0.2, 0.25) is 0 Å². The number of nitrogens with two attached hydrogens (primary N) is 1. The molecule has 106 valence electrons. The average Bonchev–Trinajstić information content (AvgIpc) is 2.37. The fraction of sp³-hybridized carbons (Fsp3) is 0.538. The number of benzene rings is 1. The summed E-state index contributed by atoms with van der Waals surface area (Å²) in [6, 6.07) is 2.02. The molecule has 1 fully saturated rings. The van der Waals surface area contributed by atoms with Gasteiger partial charge in [-0.3, -0.25) is 4.90 Å². The van der Waals surface area contributed by atoms with Crippen molar-refractivity contribution in [3.05, 3.63) is 23.8 Å². The molecule has 3 N–H and O–H groups in total. The maximum atomic E-state index is 13.2. The third-order valence-electron chi connectivity index (χ3n) is 3.43. The van der Waals surface area contributed by atoms with Crippen molar-refractivity contribution in [3.63, 3.8) is 0 Å². The summed E-state index contributed by atoms with van der Waals surface area (Å²) < 4.78 is 26.3. The largest absolute Gasteiger partial charge is 0.395 e. The first-order chi connectivity index (χ1) is 9.06. The minimum Gasteiger partial charge on any atom is -0.395 e. The van der Waals surface area contributed by atoms with E-state index in [9.17, 15) is 8.78 Å². The Morgan fingerprint density at radius 3 is 2.58 bits per heavy atom. The zero-order chi connectivity index (χ0) is 13.8. The van der Waals surface area contributed by atoms with Crippen molar-refractivity contribution in [3.8, 4) is 0 Å². The average molecular weight is 270 g/mol. The molecule has 0 aromatic heterocycles. The Kier molecular flexibility index (Phi) is 4.55. The van der Waals surface area contributed by atoms with E-state index in [1.54, 1.807) is 0 Å². The summed E-state index contributed by atoms with van der Waals surface area (Å²) in [4.78, 5) is 4.60. The second-order valence-corrected chi connectivity index (χ2v) is 4.92. The van der Waals surface area contributed by atoms with Crippen molar-refractivity contribution in [1.29, 1.82) is 0 Å². The number of hydrogen-bond donors (Lipinski definition) is 2. The molecule has 1 aliphatic heterocycles. The predicted octanol–water partition coefficient (Wildman–Crippen LogP) is 1.21. The van der Waals surface area contributed by atoms with Crippen LogP contribution in [0.4, 0.5) is 20.2 Å². The summed E-state index contributed by atoms with van der Waals surface area (Å²) >= 11 is 0. The van der Waals surface area contributed by atoms with Gasteiger partial charge >= 0.3 is 0 Å². The Labute approximate surface area is 112 Å². The van der Waals surface area contributed by atoms with Crippen molar-refractivity contribution >= 4 is 11.4 Å². The van der Waals surface area contributed by atoms with Crippen LogP contribution in [0.2, 0.25) is 0 Å². The molecule has 4 nitrogen and oxygen atoms in total. The lowest BCUT2D eigenvalue weighted by Gasteiger charge is -2.32. The van der Waals surface area contributed by atoms with Crippen LogP contribution in [0, 0.1) is 11.6 Å². The molecule has 0 radical (unpaired) electrons. The third-order valence-corrected chi connectivity index (χ3v) is 3.43. The number of nitrogens with one attached hydrogen (secondary N) is 1. The molecule has 0 saturated carbocycles. The first kappa shape index (κ1) is 14.0. The van der Waals surface area contributed by atoms with E-state index in [0.29, 0.717) is 12.2 Å². The minimum absolute atomic E-state index is 0.0280. The summed E-state index contributed by atoms with van der Waals surface area (Å²) in [7, 11) is 2.10. The van der Waals surface area contributed by atoms with E-state index in [2.05, 4.69) is 22.2 Å². The van der Waals surface area contributed by atoms with Crippen LogP contribution in [0.5, 0.6) is 0 Å². The van der Waals surface area contributed by atoms with E-state index in [4.69, 9.17) is 5.73 Å². The summed E-state index contributed by atoms with van der Waals surface area (Å²) in [6.45, 7) is 5.60. The maximum absolute atomic E-state index is 13.2. The van der Waals surface area contributed by atoms with Crippen LogP contribution in [-0.4, -0.2) is 56.1 Å². The number of piperazine rings is 1. The molecule has 1 aromatic carbocycles. The van der Waals surface area contributed by atoms with Crippen LogP contribution in [0.1, 0.15) is 0 Å². The third kappa shape index (κ3) is 3.78. The molecule has 0 spiro atoms. The van der Waals surface area contributed by atoms with Gasteiger partial charge in [-0.2, -0.15) is 0 Å². The lowest BCUT2D eigenvalue weighted by atomic mass is 10.2. The monoisotopic (exact) mass is 270 g/mol. The minimum atomic E-state index is -0.720. The summed E-state index contributed by atoms with van der Waals surface area (Å²) in [5.74, 6) is -1.34. The summed E-state index contributed by atoms with van der Waals surface area (Å²) in [5, 5.41) is 2.99. The van der Waals surface area contributed by atoms with E-state index in [0.717, 1.165) is 38.8 Å². The highest BCUT2D eigenvalue weighted by atomic mass is 19.1. The number of nitrogen functional groups attached to an aromatic ring is 1. The Morgan fingerprint density at radius 2 is 1.89 bits per heavy atom. The predicted molar refractivity (Wildman–Crippen MR) is 73.2 cm³/mol. The number of halogens is 2. The molecule has 0 bridgehead atoms. The fourth-order valence-corrected chi connectivity index (χ4v) is 2.15. The second-order valence-electron chi connectivity index (χ2n) is 4.92. The Bertz CT molecular complexity index is 431. The van der Waals surface area contributed by atoms with E-state index in [-0.39, 0.29) is 5.69 Å². The Morgan fingerprint density at radius 1 is 1.21 bits per heavy atom. The lowest BCUT2D eigenvalue weighted by Crippen LogP contribution is -2.45. The topological polar surface area (TPSA) is 44.5 Å². The molecule has 2 rings (SSSR count). The molecular formula is C13H20F2N4. The smallest absolute Gasteiger partial charge is 0.151 e. The van der Waals surface area contributed by atoms with Crippen molar-refractivity contribution in [2.24, 2.45) is 0 Å². The van der Waals surface area contributed by atoms with Gasteiger partial charge in [-0.25, -0.2) is 8.78 Å². The molecule has 1 heterocycles. The van der Waals surface area contributed by atoms with E-state index >= 15 is 0 Å². The highest BCUT2D eigenvalue weighted by molar-refractivity contribution is 5.66. The van der Waals surface area contributed by atoms with E-state index < -0.39 is 11.6 Å². The van der Waals surface area contributed by atoms with Gasteiger partial charge in [-0.15, -0.1) is 0 Å². The Hall–Kier alpha value is -1.40. The zero-order valence-electron chi connectivity index (χ0n) is 11.1. The van der Waals surface area contributed by atoms with Gasteiger partial charge in [0, 0.05) is 45.3 Å². The van der Waals surface area contributed by atoms with Gasteiger partial charge in [0.15, 0.2) is 5.82 Å². The molecular weight excluding hydrogens is 250 g/mol. The maximum Gasteiger partial charge on any atom is 0.151 e. The van der Waals surface area contributed by atoms with Gasteiger partial charge in [0.25, 0.3) is 0 Å². The zero-order valence-corrected chi connectivity index (χ0v) is 11.1. The molecule has 6 heteroatoms. The van der Waals surface area contributed by atoms with Crippen LogP contribution in [0.15, 0.2) is 12.1 Å². The van der Waals surface area contributed by atoms with Crippen molar-refractivity contribution in [2.75, 3.05) is 57.4 Å². The van der Waals surface area contributed by atoms with E-state index in [1.165, 1.54) is 6.07 Å². The van der Waals surface area contributed by atoms with Crippen LogP contribution in [0.3, 0.4) is 0 Å². The SMILES string of the molecule is CN1CCN(CCNc2cc(F)cc(F)c2N)CC1. The summed E-state index contributed by atoms with van der Waals surface area (Å²) in [6.07, 6.45) is 0. The molecule has 0 unspecified atom stereocenters. The van der Waals surface area contributed by atoms with Crippen molar-refractivity contribution in [2.45, 2.75) is 0 Å². The summed E-state index contributed by atoms with van der Waals surface area (Å²) in [5.41, 5.74) is 5.86. The van der Waals surface area contributed by atoms with Crippen LogP contribution >= 0.6 is 0 Å². The molecule has 0 amide bonds. The van der Waals surface area contributed by atoms with Crippen molar-refractivity contribution in [1.82, 2.24) is 9.80 Å².